The Balaban J connectivity index is 4.58. The fourth-order valence-electron chi connectivity index (χ4n) is 1.59. The van der Waals surface area contributed by atoms with E-state index >= 15 is 0 Å². The van der Waals surface area contributed by atoms with Crippen molar-refractivity contribution in [2.24, 2.45) is 11.3 Å². The van der Waals surface area contributed by atoms with Crippen molar-refractivity contribution < 1.29 is 20.1 Å². The molecule has 90 valence electrons. The maximum Gasteiger partial charge on any atom is 0.309 e. The number of halogens is 1. The second-order valence-electron chi connectivity index (χ2n) is 4.79. The summed E-state index contributed by atoms with van der Waals surface area (Å²) in [5, 5.41) is 27.9. The van der Waals surface area contributed by atoms with Crippen molar-refractivity contribution >= 4 is 17.6 Å². The van der Waals surface area contributed by atoms with E-state index in [1.165, 1.54) is 0 Å². The van der Waals surface area contributed by atoms with Gasteiger partial charge in [0.15, 0.2) is 0 Å². The Bertz CT molecular complexity index is 212. The largest absolute Gasteiger partial charge is 0.481 e. The third-order valence-electron chi connectivity index (χ3n) is 2.28. The fraction of sp³-hybridized carbons (Fsp3) is 0.900. The van der Waals surface area contributed by atoms with Gasteiger partial charge in [-0.1, -0.05) is 20.8 Å². The number of aliphatic carboxylic acids is 1. The molecule has 0 saturated carbocycles. The molecule has 0 fully saturated rings. The van der Waals surface area contributed by atoms with Gasteiger partial charge in [-0.25, -0.2) is 0 Å². The molecule has 4 nitrogen and oxygen atoms in total. The molecule has 0 rings (SSSR count). The third-order valence-corrected chi connectivity index (χ3v) is 2.63. The van der Waals surface area contributed by atoms with Gasteiger partial charge in [-0.15, -0.1) is 11.6 Å². The first-order valence-corrected chi connectivity index (χ1v) is 5.38. The summed E-state index contributed by atoms with van der Waals surface area (Å²) in [6.45, 7) is 5.21. The van der Waals surface area contributed by atoms with Gasteiger partial charge in [0.25, 0.3) is 0 Å². The molecule has 0 amide bonds. The first-order valence-electron chi connectivity index (χ1n) is 4.85. The standard InChI is InChI=1S/C10H19ClO4/c1-10(2,3)8(9(14)15)7(13)4-6(12)5-11/h6-8,12-13H,4-5H2,1-3H3,(H,14,15)/t6-,7+,8?/m0/s1. The average molecular weight is 239 g/mol. The van der Waals surface area contributed by atoms with E-state index in [-0.39, 0.29) is 12.3 Å². The number of carboxylic acids is 1. The maximum atomic E-state index is 11.0. The summed E-state index contributed by atoms with van der Waals surface area (Å²) in [7, 11) is 0. The Morgan fingerprint density at radius 3 is 2.07 bits per heavy atom. The van der Waals surface area contributed by atoms with Crippen molar-refractivity contribution in [3.05, 3.63) is 0 Å². The predicted molar refractivity (Wildman–Crippen MR) is 57.9 cm³/mol. The highest BCUT2D eigenvalue weighted by molar-refractivity contribution is 6.18. The van der Waals surface area contributed by atoms with Crippen LogP contribution in [0.2, 0.25) is 0 Å². The highest BCUT2D eigenvalue weighted by atomic mass is 35.5. The van der Waals surface area contributed by atoms with E-state index in [0.717, 1.165) is 0 Å². The van der Waals surface area contributed by atoms with Crippen LogP contribution in [0.15, 0.2) is 0 Å². The molecular formula is C10H19ClO4. The van der Waals surface area contributed by atoms with Crippen LogP contribution in [0.4, 0.5) is 0 Å². The van der Waals surface area contributed by atoms with Crippen molar-refractivity contribution in [2.75, 3.05) is 5.88 Å². The van der Waals surface area contributed by atoms with Crippen molar-refractivity contribution in [1.29, 1.82) is 0 Å². The molecular weight excluding hydrogens is 220 g/mol. The molecule has 0 saturated heterocycles. The van der Waals surface area contributed by atoms with Crippen molar-refractivity contribution in [1.82, 2.24) is 0 Å². The maximum absolute atomic E-state index is 11.0. The number of aliphatic hydroxyl groups is 2. The molecule has 0 spiro atoms. The lowest BCUT2D eigenvalue weighted by atomic mass is 9.76. The summed E-state index contributed by atoms with van der Waals surface area (Å²) in [5.41, 5.74) is -0.558. The summed E-state index contributed by atoms with van der Waals surface area (Å²) < 4.78 is 0. The molecule has 0 aliphatic heterocycles. The molecule has 3 atom stereocenters. The van der Waals surface area contributed by atoms with E-state index < -0.39 is 29.5 Å². The van der Waals surface area contributed by atoms with Crippen LogP contribution < -0.4 is 0 Å². The number of carbonyl (C=O) groups is 1. The van der Waals surface area contributed by atoms with Gasteiger partial charge in [0.2, 0.25) is 0 Å². The van der Waals surface area contributed by atoms with Gasteiger partial charge in [0, 0.05) is 12.3 Å². The second-order valence-corrected chi connectivity index (χ2v) is 5.10. The van der Waals surface area contributed by atoms with Gasteiger partial charge in [-0.05, 0) is 5.41 Å². The lowest BCUT2D eigenvalue weighted by Gasteiger charge is -2.31. The van der Waals surface area contributed by atoms with Crippen LogP contribution in [0.25, 0.3) is 0 Å². The number of rotatable bonds is 5. The summed E-state index contributed by atoms with van der Waals surface area (Å²) >= 11 is 5.39. The Morgan fingerprint density at radius 1 is 1.33 bits per heavy atom. The van der Waals surface area contributed by atoms with Crippen LogP contribution in [-0.4, -0.2) is 39.4 Å². The predicted octanol–water partition coefficient (Wildman–Crippen LogP) is 1.08. The zero-order valence-electron chi connectivity index (χ0n) is 9.27. The topological polar surface area (TPSA) is 77.8 Å². The third kappa shape index (κ3) is 4.82. The van der Waals surface area contributed by atoms with Crippen LogP contribution in [0.1, 0.15) is 27.2 Å². The SMILES string of the molecule is CC(C)(C)C(C(=O)O)[C@H](O)C[C@H](O)CCl. The van der Waals surface area contributed by atoms with E-state index in [1.807, 2.05) is 0 Å². The normalized spacial score (nSPS) is 18.3. The molecule has 0 radical (unpaired) electrons. The van der Waals surface area contributed by atoms with Gasteiger partial charge in [-0.3, -0.25) is 4.79 Å². The highest BCUT2D eigenvalue weighted by Crippen LogP contribution is 2.30. The number of hydrogen-bond acceptors (Lipinski definition) is 3. The molecule has 0 aliphatic carbocycles. The molecule has 1 unspecified atom stereocenters. The highest BCUT2D eigenvalue weighted by Gasteiger charge is 2.37. The molecule has 0 aromatic heterocycles. The Morgan fingerprint density at radius 2 is 1.80 bits per heavy atom. The van der Waals surface area contributed by atoms with Crippen LogP contribution in [0, 0.1) is 11.3 Å². The molecule has 0 aliphatic rings. The van der Waals surface area contributed by atoms with Crippen LogP contribution >= 0.6 is 11.6 Å². The smallest absolute Gasteiger partial charge is 0.309 e. The Kier molecular flexibility index (Phi) is 5.56. The Hall–Kier alpha value is -0.320. The number of carboxylic acid groups (broad SMARTS) is 1. The van der Waals surface area contributed by atoms with E-state index in [9.17, 15) is 15.0 Å². The van der Waals surface area contributed by atoms with Gasteiger partial charge >= 0.3 is 5.97 Å². The zero-order chi connectivity index (χ0) is 12.2. The van der Waals surface area contributed by atoms with Crippen molar-refractivity contribution in [2.45, 2.75) is 39.4 Å². The monoisotopic (exact) mass is 238 g/mol. The molecule has 3 N–H and O–H groups in total. The first kappa shape index (κ1) is 14.7. The van der Waals surface area contributed by atoms with Gasteiger partial charge in [0.05, 0.1) is 18.1 Å². The van der Waals surface area contributed by atoms with Gasteiger partial charge in [-0.2, -0.15) is 0 Å². The summed E-state index contributed by atoms with van der Waals surface area (Å²) in [6.07, 6.45) is -1.97. The minimum absolute atomic E-state index is 0.00641. The molecule has 5 heteroatoms. The molecule has 15 heavy (non-hydrogen) atoms. The van der Waals surface area contributed by atoms with Gasteiger partial charge < -0.3 is 15.3 Å². The lowest BCUT2D eigenvalue weighted by molar-refractivity contribution is -0.152. The molecule has 0 heterocycles. The van der Waals surface area contributed by atoms with Crippen LogP contribution in [0.3, 0.4) is 0 Å². The van der Waals surface area contributed by atoms with E-state index in [4.69, 9.17) is 16.7 Å². The minimum atomic E-state index is -1.09. The average Bonchev–Trinajstić information content (AvgIpc) is 1.99. The summed E-state index contributed by atoms with van der Waals surface area (Å²) in [6, 6.07) is 0. The number of alkyl halides is 1. The Labute approximate surface area is 94.9 Å². The van der Waals surface area contributed by atoms with Crippen LogP contribution in [-0.2, 0) is 4.79 Å². The lowest BCUT2D eigenvalue weighted by Crippen LogP contribution is -2.40. The number of hydrogen-bond donors (Lipinski definition) is 3. The fourth-order valence-corrected chi connectivity index (χ4v) is 1.72. The molecule has 0 aromatic rings. The zero-order valence-corrected chi connectivity index (χ0v) is 10.0. The van der Waals surface area contributed by atoms with Gasteiger partial charge in [0.1, 0.15) is 0 Å². The summed E-state index contributed by atoms with van der Waals surface area (Å²) in [5.74, 6) is -1.97. The van der Waals surface area contributed by atoms with Crippen molar-refractivity contribution in [3.8, 4) is 0 Å². The van der Waals surface area contributed by atoms with E-state index in [0.29, 0.717) is 0 Å². The number of aliphatic hydroxyl groups excluding tert-OH is 2. The molecule has 0 aromatic carbocycles. The first-order chi connectivity index (χ1) is 6.70. The van der Waals surface area contributed by atoms with E-state index in [1.54, 1.807) is 20.8 Å². The van der Waals surface area contributed by atoms with Crippen LogP contribution in [0.5, 0.6) is 0 Å². The van der Waals surface area contributed by atoms with E-state index in [2.05, 4.69) is 0 Å². The van der Waals surface area contributed by atoms with Crippen molar-refractivity contribution in [3.63, 3.8) is 0 Å². The quantitative estimate of drug-likeness (QED) is 0.627. The second kappa shape index (κ2) is 5.68. The summed E-state index contributed by atoms with van der Waals surface area (Å²) in [4.78, 5) is 11.0. The minimum Gasteiger partial charge on any atom is -0.481 e. The molecule has 0 bridgehead atoms.